The zero-order valence-corrected chi connectivity index (χ0v) is 10.8. The van der Waals surface area contributed by atoms with Crippen LogP contribution in [0.3, 0.4) is 0 Å². The van der Waals surface area contributed by atoms with Crippen molar-refractivity contribution < 1.29 is 19.7 Å². The molecular weight excluding hydrogens is 232 g/mol. The first-order valence-electron chi connectivity index (χ1n) is 6.15. The molecule has 0 saturated heterocycles. The lowest BCUT2D eigenvalue weighted by atomic mass is 9.99. The van der Waals surface area contributed by atoms with Crippen molar-refractivity contribution in [2.45, 2.75) is 38.7 Å². The molecule has 0 saturated carbocycles. The smallest absolute Gasteiger partial charge is 0.307 e. The highest BCUT2D eigenvalue weighted by Gasteiger charge is 2.23. The minimum absolute atomic E-state index is 0.0248. The molecule has 1 aromatic rings. The minimum Gasteiger partial charge on any atom is -0.491 e. The molecule has 0 amide bonds. The van der Waals surface area contributed by atoms with Crippen LogP contribution in [-0.4, -0.2) is 28.4 Å². The van der Waals surface area contributed by atoms with E-state index in [1.54, 1.807) is 24.3 Å². The van der Waals surface area contributed by atoms with Crippen LogP contribution in [0.1, 0.15) is 32.3 Å². The van der Waals surface area contributed by atoms with E-state index in [4.69, 9.17) is 9.84 Å². The number of rotatable bonds is 7. The molecule has 0 bridgehead atoms. The number of carbonyl (C=O) groups is 1. The fourth-order valence-corrected chi connectivity index (χ4v) is 1.59. The molecule has 0 aliphatic heterocycles. The SMILES string of the molecule is CCC(O)(CC)COc1cccc(CC(=O)O)c1. The summed E-state index contributed by atoms with van der Waals surface area (Å²) in [5.41, 5.74) is -0.125. The first-order chi connectivity index (χ1) is 8.49. The third-order valence-electron chi connectivity index (χ3n) is 3.08. The number of ether oxygens (including phenoxy) is 1. The van der Waals surface area contributed by atoms with Crippen LogP contribution in [0.25, 0.3) is 0 Å². The second kappa shape index (κ2) is 6.40. The number of aliphatic hydroxyl groups is 1. The summed E-state index contributed by atoms with van der Waals surface area (Å²) in [4.78, 5) is 10.6. The molecule has 0 aromatic heterocycles. The Kier molecular flexibility index (Phi) is 5.16. The molecule has 0 heterocycles. The lowest BCUT2D eigenvalue weighted by Crippen LogP contribution is -2.34. The summed E-state index contributed by atoms with van der Waals surface area (Å²) < 4.78 is 5.53. The van der Waals surface area contributed by atoms with Gasteiger partial charge in [0.15, 0.2) is 0 Å². The molecule has 0 unspecified atom stereocenters. The van der Waals surface area contributed by atoms with Crippen molar-refractivity contribution in [2.75, 3.05) is 6.61 Å². The minimum atomic E-state index is -0.870. The van der Waals surface area contributed by atoms with E-state index in [0.29, 0.717) is 24.2 Å². The Hall–Kier alpha value is -1.55. The zero-order valence-electron chi connectivity index (χ0n) is 10.8. The lowest BCUT2D eigenvalue weighted by Gasteiger charge is -2.25. The van der Waals surface area contributed by atoms with Gasteiger partial charge in [0, 0.05) is 0 Å². The van der Waals surface area contributed by atoms with E-state index in [0.717, 1.165) is 0 Å². The largest absolute Gasteiger partial charge is 0.491 e. The van der Waals surface area contributed by atoms with Crippen molar-refractivity contribution in [3.63, 3.8) is 0 Å². The second-order valence-electron chi connectivity index (χ2n) is 4.44. The number of hydrogen-bond acceptors (Lipinski definition) is 3. The maximum absolute atomic E-state index is 10.6. The molecule has 1 rings (SSSR count). The molecule has 2 N–H and O–H groups in total. The van der Waals surface area contributed by atoms with Gasteiger partial charge in [-0.25, -0.2) is 0 Å². The predicted molar refractivity (Wildman–Crippen MR) is 68.8 cm³/mol. The summed E-state index contributed by atoms with van der Waals surface area (Å²) in [7, 11) is 0. The zero-order chi connectivity index (χ0) is 13.6. The van der Waals surface area contributed by atoms with E-state index in [2.05, 4.69) is 0 Å². The lowest BCUT2D eigenvalue weighted by molar-refractivity contribution is -0.136. The van der Waals surface area contributed by atoms with Gasteiger partial charge in [0.1, 0.15) is 12.4 Å². The van der Waals surface area contributed by atoms with Gasteiger partial charge in [-0.15, -0.1) is 0 Å². The summed E-state index contributed by atoms with van der Waals surface area (Å²) in [6.45, 7) is 4.04. The molecule has 100 valence electrons. The van der Waals surface area contributed by atoms with Gasteiger partial charge in [-0.2, -0.15) is 0 Å². The average Bonchev–Trinajstić information content (AvgIpc) is 2.36. The van der Waals surface area contributed by atoms with E-state index >= 15 is 0 Å². The molecule has 0 fully saturated rings. The maximum Gasteiger partial charge on any atom is 0.307 e. The highest BCUT2D eigenvalue weighted by atomic mass is 16.5. The van der Waals surface area contributed by atoms with Crippen LogP contribution in [0.2, 0.25) is 0 Å². The Morgan fingerprint density at radius 1 is 1.33 bits per heavy atom. The van der Waals surface area contributed by atoms with Gasteiger partial charge in [-0.05, 0) is 30.5 Å². The van der Waals surface area contributed by atoms with Crippen LogP contribution < -0.4 is 4.74 Å². The van der Waals surface area contributed by atoms with Gasteiger partial charge >= 0.3 is 5.97 Å². The standard InChI is InChI=1S/C14H20O4/c1-3-14(17,4-2)10-18-12-7-5-6-11(8-12)9-13(15)16/h5-8,17H,3-4,9-10H2,1-2H3,(H,15,16). The summed E-state index contributed by atoms with van der Waals surface area (Å²) in [6.07, 6.45) is 1.22. The number of benzene rings is 1. The van der Waals surface area contributed by atoms with E-state index in [9.17, 15) is 9.90 Å². The number of aliphatic carboxylic acids is 1. The van der Waals surface area contributed by atoms with Gasteiger partial charge < -0.3 is 14.9 Å². The van der Waals surface area contributed by atoms with Gasteiger partial charge in [-0.3, -0.25) is 4.79 Å². The van der Waals surface area contributed by atoms with Crippen molar-refractivity contribution in [1.29, 1.82) is 0 Å². The molecule has 0 radical (unpaired) electrons. The van der Waals surface area contributed by atoms with Gasteiger partial charge in [0.05, 0.1) is 12.0 Å². The normalized spacial score (nSPS) is 11.3. The van der Waals surface area contributed by atoms with Crippen LogP contribution in [-0.2, 0) is 11.2 Å². The first-order valence-corrected chi connectivity index (χ1v) is 6.15. The van der Waals surface area contributed by atoms with Crippen LogP contribution in [0.4, 0.5) is 0 Å². The predicted octanol–water partition coefficient (Wildman–Crippen LogP) is 2.24. The Labute approximate surface area is 107 Å². The van der Waals surface area contributed by atoms with Gasteiger partial charge in [0.2, 0.25) is 0 Å². The fraction of sp³-hybridized carbons (Fsp3) is 0.500. The monoisotopic (exact) mass is 252 g/mol. The third-order valence-corrected chi connectivity index (χ3v) is 3.08. The second-order valence-corrected chi connectivity index (χ2v) is 4.44. The van der Waals surface area contributed by atoms with Crippen LogP contribution in [0, 0.1) is 0 Å². The average molecular weight is 252 g/mol. The van der Waals surface area contributed by atoms with Crippen molar-refractivity contribution in [2.24, 2.45) is 0 Å². The molecule has 0 atom stereocenters. The van der Waals surface area contributed by atoms with E-state index < -0.39 is 11.6 Å². The Bertz CT molecular complexity index is 397. The van der Waals surface area contributed by atoms with Crippen molar-refractivity contribution in [1.82, 2.24) is 0 Å². The van der Waals surface area contributed by atoms with E-state index in [1.807, 2.05) is 13.8 Å². The Morgan fingerprint density at radius 3 is 2.56 bits per heavy atom. The molecule has 0 aliphatic rings. The highest BCUT2D eigenvalue weighted by Crippen LogP contribution is 2.19. The van der Waals surface area contributed by atoms with Crippen LogP contribution in [0.15, 0.2) is 24.3 Å². The van der Waals surface area contributed by atoms with Crippen molar-refractivity contribution >= 4 is 5.97 Å². The van der Waals surface area contributed by atoms with E-state index in [1.165, 1.54) is 0 Å². The molecular formula is C14H20O4. The van der Waals surface area contributed by atoms with Gasteiger partial charge in [0.25, 0.3) is 0 Å². The highest BCUT2D eigenvalue weighted by molar-refractivity contribution is 5.70. The summed E-state index contributed by atoms with van der Waals surface area (Å²) in [5.74, 6) is -0.278. The fourth-order valence-electron chi connectivity index (χ4n) is 1.59. The third kappa shape index (κ3) is 4.37. The van der Waals surface area contributed by atoms with E-state index in [-0.39, 0.29) is 13.0 Å². The molecule has 4 heteroatoms. The molecule has 4 nitrogen and oxygen atoms in total. The summed E-state index contributed by atoms with van der Waals surface area (Å²) >= 11 is 0. The molecule has 18 heavy (non-hydrogen) atoms. The summed E-state index contributed by atoms with van der Waals surface area (Å²) in [6, 6.07) is 6.95. The first kappa shape index (κ1) is 14.5. The number of hydrogen-bond donors (Lipinski definition) is 2. The molecule has 1 aromatic carbocycles. The Morgan fingerprint density at radius 2 is 2.00 bits per heavy atom. The van der Waals surface area contributed by atoms with Crippen molar-refractivity contribution in [3.05, 3.63) is 29.8 Å². The topological polar surface area (TPSA) is 66.8 Å². The number of carboxylic acids is 1. The number of carboxylic acid groups (broad SMARTS) is 1. The van der Waals surface area contributed by atoms with Crippen LogP contribution in [0.5, 0.6) is 5.75 Å². The molecule has 0 aliphatic carbocycles. The quantitative estimate of drug-likeness (QED) is 0.781. The molecule has 0 spiro atoms. The Balaban J connectivity index is 2.65. The van der Waals surface area contributed by atoms with Crippen LogP contribution >= 0.6 is 0 Å². The summed E-state index contributed by atoms with van der Waals surface area (Å²) in [5, 5.41) is 18.8. The maximum atomic E-state index is 10.6. The van der Waals surface area contributed by atoms with Crippen molar-refractivity contribution in [3.8, 4) is 5.75 Å². The van der Waals surface area contributed by atoms with Gasteiger partial charge in [-0.1, -0.05) is 26.0 Å².